The molecule has 0 radical (unpaired) electrons. The zero-order chi connectivity index (χ0) is 5.98. The van der Waals surface area contributed by atoms with Crippen molar-refractivity contribution in [2.24, 2.45) is 0 Å². The molecule has 3 heteroatoms. The van der Waals surface area contributed by atoms with Crippen LogP contribution in [0.25, 0.3) is 0 Å². The molecule has 1 aromatic heterocycles. The van der Waals surface area contributed by atoms with Crippen LogP contribution in [-0.4, -0.2) is 4.98 Å². The van der Waals surface area contributed by atoms with Crippen molar-refractivity contribution >= 4 is 12.8 Å². The summed E-state index contributed by atoms with van der Waals surface area (Å²) in [5.74, 6) is 1.13. The van der Waals surface area contributed by atoms with Crippen LogP contribution in [0.15, 0.2) is 12.4 Å². The van der Waals surface area contributed by atoms with E-state index in [1.165, 1.54) is 0 Å². The molecule has 0 saturated carbocycles. The summed E-state index contributed by atoms with van der Waals surface area (Å²) in [6.07, 6.45) is 4.74. The van der Waals surface area contributed by atoms with E-state index in [1.54, 1.807) is 3.97 Å². The minimum absolute atomic E-state index is 0.997. The van der Waals surface area contributed by atoms with Gasteiger partial charge in [0, 0.05) is 19.2 Å². The number of hydrogen-bond donors (Lipinski definition) is 2. The van der Waals surface area contributed by atoms with Gasteiger partial charge in [-0.05, 0) is 0 Å². The van der Waals surface area contributed by atoms with E-state index >= 15 is 0 Å². The molecule has 1 heterocycles. The highest BCUT2D eigenvalue weighted by Crippen LogP contribution is 1.86. The van der Waals surface area contributed by atoms with Gasteiger partial charge in [0.1, 0.15) is 12.4 Å². The van der Waals surface area contributed by atoms with E-state index in [9.17, 15) is 0 Å². The lowest BCUT2D eigenvalue weighted by Crippen LogP contribution is -2.22. The summed E-state index contributed by atoms with van der Waals surface area (Å²) in [5, 5.41) is 0. The number of imidazole rings is 1. The molecule has 0 aliphatic heterocycles. The summed E-state index contributed by atoms with van der Waals surface area (Å²) < 4.78 is 1.78. The second kappa shape index (κ2) is 2.22. The van der Waals surface area contributed by atoms with Gasteiger partial charge < -0.3 is 0 Å². The summed E-state index contributed by atoms with van der Waals surface area (Å²) >= 11 is 4.11. The fourth-order valence-electron chi connectivity index (χ4n) is 0.624. The van der Waals surface area contributed by atoms with E-state index in [0.717, 1.165) is 12.2 Å². The van der Waals surface area contributed by atoms with Crippen molar-refractivity contribution in [3.63, 3.8) is 0 Å². The Balaban J connectivity index is 2.92. The van der Waals surface area contributed by atoms with Gasteiger partial charge in [0.05, 0.1) is 0 Å². The molecule has 0 saturated heterocycles. The first-order valence-electron chi connectivity index (χ1n) is 2.61. The number of hydrogen-bond acceptors (Lipinski definition) is 1. The minimum atomic E-state index is 0.997. The van der Waals surface area contributed by atoms with Crippen LogP contribution in [0.5, 0.6) is 0 Å². The maximum absolute atomic E-state index is 4.11. The average molecular weight is 129 g/mol. The maximum atomic E-state index is 4.11. The van der Waals surface area contributed by atoms with Gasteiger partial charge in [0.15, 0.2) is 0 Å². The van der Waals surface area contributed by atoms with Gasteiger partial charge in [-0.25, -0.2) is 4.98 Å². The third-order valence-electron chi connectivity index (χ3n) is 1.08. The molecule has 0 aromatic carbocycles. The van der Waals surface area contributed by atoms with Gasteiger partial charge in [-0.15, -0.1) is 0 Å². The highest BCUT2D eigenvalue weighted by atomic mass is 32.1. The topological polar surface area (TPSA) is 19.7 Å². The van der Waals surface area contributed by atoms with Crippen molar-refractivity contribution < 1.29 is 3.97 Å². The van der Waals surface area contributed by atoms with Gasteiger partial charge in [-0.3, -0.25) is 0 Å². The zero-order valence-electron chi connectivity index (χ0n) is 4.76. The molecule has 1 aromatic rings. The number of nitrogens with one attached hydrogen (secondary N) is 1. The molecular weight excluding hydrogens is 120 g/mol. The molecule has 0 unspecified atom stereocenters. The standard InChI is InChI=1S/C5H8N2S/c1-2-5-6-3-4-7(5)8/h3-4,8H,2H2,1H3/p+1. The number of aromatic nitrogens is 2. The number of nitrogens with zero attached hydrogens (tertiary/aromatic N) is 1. The van der Waals surface area contributed by atoms with Crippen LogP contribution in [0.2, 0.25) is 0 Å². The molecule has 1 N–H and O–H groups in total. The van der Waals surface area contributed by atoms with Crippen LogP contribution in [0.1, 0.15) is 12.7 Å². The Hall–Kier alpha value is -0.440. The van der Waals surface area contributed by atoms with Crippen molar-refractivity contribution in [2.45, 2.75) is 13.3 Å². The van der Waals surface area contributed by atoms with Crippen molar-refractivity contribution in [1.82, 2.24) is 4.98 Å². The summed E-state index contributed by atoms with van der Waals surface area (Å²) in [4.78, 5) is 3.04. The van der Waals surface area contributed by atoms with E-state index < -0.39 is 0 Å². The van der Waals surface area contributed by atoms with Crippen molar-refractivity contribution in [2.75, 3.05) is 0 Å². The summed E-state index contributed by atoms with van der Waals surface area (Å²) in [6, 6.07) is 0. The van der Waals surface area contributed by atoms with Crippen LogP contribution in [0.4, 0.5) is 0 Å². The summed E-state index contributed by atoms with van der Waals surface area (Å²) in [5.41, 5.74) is 0. The van der Waals surface area contributed by atoms with Crippen LogP contribution >= 0.6 is 12.8 Å². The molecular formula is C5H9N2S+. The lowest BCUT2D eigenvalue weighted by Gasteiger charge is -1.81. The predicted molar refractivity (Wildman–Crippen MR) is 34.7 cm³/mol. The quantitative estimate of drug-likeness (QED) is 0.408. The van der Waals surface area contributed by atoms with E-state index in [-0.39, 0.29) is 0 Å². The fourth-order valence-corrected chi connectivity index (χ4v) is 0.890. The van der Waals surface area contributed by atoms with Gasteiger partial charge in [-0.2, -0.15) is 3.97 Å². The Labute approximate surface area is 54.1 Å². The first kappa shape index (κ1) is 5.69. The van der Waals surface area contributed by atoms with E-state index in [1.807, 2.05) is 12.4 Å². The van der Waals surface area contributed by atoms with Gasteiger partial charge in [-0.1, -0.05) is 6.92 Å². The smallest absolute Gasteiger partial charge is 0.247 e. The number of H-pyrrole nitrogens is 1. The Kier molecular flexibility index (Phi) is 1.58. The molecule has 0 atom stereocenters. The number of thiol groups is 1. The van der Waals surface area contributed by atoms with Gasteiger partial charge >= 0.3 is 0 Å². The number of rotatable bonds is 1. The summed E-state index contributed by atoms with van der Waals surface area (Å²) in [7, 11) is 0. The Bertz CT molecular complexity index is 171. The lowest BCUT2D eigenvalue weighted by molar-refractivity contribution is -0.497. The van der Waals surface area contributed by atoms with Crippen LogP contribution in [-0.2, 0) is 6.42 Å². The van der Waals surface area contributed by atoms with E-state index in [4.69, 9.17) is 0 Å². The first-order chi connectivity index (χ1) is 3.84. The monoisotopic (exact) mass is 129 g/mol. The van der Waals surface area contributed by atoms with Gasteiger partial charge in [0.2, 0.25) is 0 Å². The molecule has 44 valence electrons. The van der Waals surface area contributed by atoms with Crippen LogP contribution in [0, 0.1) is 0 Å². The largest absolute Gasteiger partial charge is 0.265 e. The fraction of sp³-hybridized carbons (Fsp3) is 0.400. The van der Waals surface area contributed by atoms with E-state index in [0.29, 0.717) is 0 Å². The molecule has 0 aliphatic rings. The van der Waals surface area contributed by atoms with Crippen molar-refractivity contribution in [3.05, 3.63) is 18.2 Å². The van der Waals surface area contributed by atoms with Crippen molar-refractivity contribution in [1.29, 1.82) is 0 Å². The molecule has 8 heavy (non-hydrogen) atoms. The Morgan fingerprint density at radius 2 is 2.62 bits per heavy atom. The predicted octanol–water partition coefficient (Wildman–Crippen LogP) is 0.557. The van der Waals surface area contributed by atoms with Crippen LogP contribution < -0.4 is 3.97 Å². The molecule has 0 spiro atoms. The maximum Gasteiger partial charge on any atom is 0.265 e. The molecule has 0 aliphatic carbocycles. The lowest BCUT2D eigenvalue weighted by atomic mass is 10.5. The molecule has 0 amide bonds. The normalized spacial score (nSPS) is 9.75. The molecule has 0 fully saturated rings. The highest BCUT2D eigenvalue weighted by molar-refractivity contribution is 7.73. The average Bonchev–Trinajstić information content (AvgIpc) is 2.14. The Morgan fingerprint density at radius 1 is 1.88 bits per heavy atom. The third-order valence-corrected chi connectivity index (χ3v) is 1.45. The first-order valence-corrected chi connectivity index (χ1v) is 3.01. The molecule has 0 bridgehead atoms. The minimum Gasteiger partial charge on any atom is -0.247 e. The number of aryl methyl sites for hydroxylation is 1. The molecule has 2 nitrogen and oxygen atoms in total. The highest BCUT2D eigenvalue weighted by Gasteiger charge is 2.00. The van der Waals surface area contributed by atoms with Gasteiger partial charge in [0.25, 0.3) is 5.82 Å². The third kappa shape index (κ3) is 0.865. The van der Waals surface area contributed by atoms with Crippen LogP contribution in [0.3, 0.4) is 0 Å². The SMILES string of the molecule is CCc1[nH]cc[n+]1S. The second-order valence-electron chi connectivity index (χ2n) is 1.60. The molecule has 1 rings (SSSR count). The number of aromatic amines is 1. The van der Waals surface area contributed by atoms with E-state index in [2.05, 4.69) is 24.7 Å². The summed E-state index contributed by atoms with van der Waals surface area (Å²) in [6.45, 7) is 2.08. The Morgan fingerprint density at radius 3 is 2.88 bits per heavy atom. The second-order valence-corrected chi connectivity index (χ2v) is 2.04. The van der Waals surface area contributed by atoms with Crippen molar-refractivity contribution in [3.8, 4) is 0 Å². The zero-order valence-corrected chi connectivity index (χ0v) is 5.65.